The normalized spacial score (nSPS) is 21.2. The summed E-state index contributed by atoms with van der Waals surface area (Å²) in [6.45, 7) is -0.116. The van der Waals surface area contributed by atoms with Crippen LogP contribution in [-0.4, -0.2) is 46.3 Å². The van der Waals surface area contributed by atoms with E-state index >= 15 is 0 Å². The summed E-state index contributed by atoms with van der Waals surface area (Å²) in [5, 5.41) is 32.2. The van der Waals surface area contributed by atoms with Crippen LogP contribution in [0.5, 0.6) is 5.75 Å². The molecule has 0 saturated carbocycles. The molecule has 2 aromatic carbocycles. The predicted molar refractivity (Wildman–Crippen MR) is 121 cm³/mol. The summed E-state index contributed by atoms with van der Waals surface area (Å²) in [5.41, 5.74) is 1.94. The molecule has 7 nitrogen and oxygen atoms in total. The van der Waals surface area contributed by atoms with E-state index in [9.17, 15) is 10.2 Å². The number of aromatic nitrogens is 2. The van der Waals surface area contributed by atoms with Gasteiger partial charge in [-0.3, -0.25) is 0 Å². The molecule has 3 unspecified atom stereocenters. The third kappa shape index (κ3) is 4.02. The van der Waals surface area contributed by atoms with Gasteiger partial charge in [0.05, 0.1) is 38.3 Å². The molecule has 0 amide bonds. The highest BCUT2D eigenvalue weighted by Gasteiger charge is 2.31. The molecule has 3 heterocycles. The van der Waals surface area contributed by atoms with Gasteiger partial charge in [0.15, 0.2) is 10.8 Å². The fourth-order valence-corrected chi connectivity index (χ4v) is 5.20. The first-order valence-electron chi connectivity index (χ1n) is 10.6. The lowest BCUT2D eigenvalue weighted by atomic mass is 9.90. The van der Waals surface area contributed by atoms with Crippen LogP contribution in [0.25, 0.3) is 21.5 Å². The molecule has 5 rings (SSSR count). The van der Waals surface area contributed by atoms with Gasteiger partial charge in [-0.2, -0.15) is 0 Å². The number of hydrogen-bond donors (Lipinski definition) is 2. The van der Waals surface area contributed by atoms with Crippen molar-refractivity contribution in [3.63, 3.8) is 0 Å². The molecule has 166 valence electrons. The Morgan fingerprint density at radius 3 is 2.72 bits per heavy atom. The molecule has 32 heavy (non-hydrogen) atoms. The lowest BCUT2D eigenvalue weighted by molar-refractivity contribution is -0.113. The topological polar surface area (TPSA) is 97.8 Å². The van der Waals surface area contributed by atoms with Crippen LogP contribution in [0.4, 0.5) is 0 Å². The molecule has 0 spiro atoms. The van der Waals surface area contributed by atoms with Gasteiger partial charge in [-0.05, 0) is 29.1 Å². The van der Waals surface area contributed by atoms with E-state index in [-0.39, 0.29) is 18.8 Å². The lowest BCUT2D eigenvalue weighted by Crippen LogP contribution is -2.33. The molecule has 1 saturated heterocycles. The van der Waals surface area contributed by atoms with Gasteiger partial charge in [0.2, 0.25) is 0 Å². The average Bonchev–Trinajstić information content (AvgIpc) is 3.50. The van der Waals surface area contributed by atoms with Crippen LogP contribution in [0.1, 0.15) is 35.1 Å². The van der Waals surface area contributed by atoms with Crippen LogP contribution >= 0.6 is 11.3 Å². The van der Waals surface area contributed by atoms with Gasteiger partial charge in [-0.1, -0.05) is 35.6 Å². The van der Waals surface area contributed by atoms with Crippen LogP contribution in [0.2, 0.25) is 0 Å². The predicted octanol–water partition coefficient (Wildman–Crippen LogP) is 4.12. The maximum atomic E-state index is 10.4. The molecule has 0 aliphatic carbocycles. The third-order valence-electron chi connectivity index (χ3n) is 5.78. The molecule has 0 bridgehead atoms. The second kappa shape index (κ2) is 8.99. The molecule has 4 aromatic rings. The average molecular weight is 453 g/mol. The van der Waals surface area contributed by atoms with Crippen LogP contribution in [0, 0.1) is 0 Å². The van der Waals surface area contributed by atoms with Crippen molar-refractivity contribution in [2.75, 3.05) is 13.7 Å². The number of aliphatic hydroxyl groups is 2. The largest absolute Gasteiger partial charge is 0.496 e. The number of furan rings is 1. The number of benzene rings is 2. The van der Waals surface area contributed by atoms with Crippen molar-refractivity contribution in [3.05, 3.63) is 64.9 Å². The summed E-state index contributed by atoms with van der Waals surface area (Å²) in [4.78, 5) is 0. The Balaban J connectivity index is 1.56. The van der Waals surface area contributed by atoms with Gasteiger partial charge >= 0.3 is 0 Å². The summed E-state index contributed by atoms with van der Waals surface area (Å²) in [7, 11) is 1.67. The van der Waals surface area contributed by atoms with Gasteiger partial charge in [-0.25, -0.2) is 0 Å². The molecule has 2 aromatic heterocycles. The Morgan fingerprint density at radius 2 is 1.97 bits per heavy atom. The minimum Gasteiger partial charge on any atom is -0.496 e. The Bertz CT molecular complexity index is 1210. The van der Waals surface area contributed by atoms with E-state index in [2.05, 4.69) is 16.3 Å². The minimum absolute atomic E-state index is 0.116. The van der Waals surface area contributed by atoms with E-state index in [0.29, 0.717) is 25.0 Å². The van der Waals surface area contributed by atoms with Crippen LogP contribution < -0.4 is 4.74 Å². The minimum atomic E-state index is -0.519. The lowest BCUT2D eigenvalue weighted by Gasteiger charge is -2.33. The summed E-state index contributed by atoms with van der Waals surface area (Å²) in [6.07, 6.45) is 1.85. The van der Waals surface area contributed by atoms with Crippen molar-refractivity contribution in [3.8, 4) is 16.5 Å². The van der Waals surface area contributed by atoms with E-state index in [1.807, 2.05) is 36.4 Å². The third-order valence-corrected chi connectivity index (χ3v) is 6.71. The van der Waals surface area contributed by atoms with E-state index in [4.69, 9.17) is 13.9 Å². The SMILES string of the molecule is COc1c(Cc2nnc(-c3ccco3)s2)cc(C2CC(O)CC(CO)O2)c2ccccc12. The number of nitrogens with zero attached hydrogens (tertiary/aromatic N) is 2. The molecular formula is C24H24N2O5S. The number of fused-ring (bicyclic) bond motifs is 1. The molecular weight excluding hydrogens is 428 g/mol. The number of rotatable bonds is 6. The fraction of sp³-hybridized carbons (Fsp3) is 0.333. The van der Waals surface area contributed by atoms with Crippen LogP contribution in [0.3, 0.4) is 0 Å². The Kier molecular flexibility index (Phi) is 5.93. The molecule has 2 N–H and O–H groups in total. The highest BCUT2D eigenvalue weighted by Crippen LogP contribution is 2.41. The maximum Gasteiger partial charge on any atom is 0.183 e. The number of hydrogen-bond acceptors (Lipinski definition) is 8. The van der Waals surface area contributed by atoms with E-state index in [0.717, 1.165) is 37.7 Å². The van der Waals surface area contributed by atoms with E-state index in [1.165, 1.54) is 11.3 Å². The number of methoxy groups -OCH3 is 1. The van der Waals surface area contributed by atoms with Crippen molar-refractivity contribution < 1.29 is 24.1 Å². The van der Waals surface area contributed by atoms with Crippen molar-refractivity contribution in [1.29, 1.82) is 0 Å². The first-order chi connectivity index (χ1) is 15.7. The first kappa shape index (κ1) is 21.1. The number of ether oxygens (including phenoxy) is 2. The van der Waals surface area contributed by atoms with Crippen molar-refractivity contribution in [1.82, 2.24) is 10.2 Å². The maximum absolute atomic E-state index is 10.4. The molecule has 3 atom stereocenters. The Labute approximate surface area is 189 Å². The Hall–Kier alpha value is -2.78. The van der Waals surface area contributed by atoms with Crippen molar-refractivity contribution >= 4 is 22.1 Å². The second-order valence-electron chi connectivity index (χ2n) is 7.91. The first-order valence-corrected chi connectivity index (χ1v) is 11.4. The monoisotopic (exact) mass is 452 g/mol. The second-order valence-corrected chi connectivity index (χ2v) is 8.98. The van der Waals surface area contributed by atoms with Crippen LogP contribution in [0.15, 0.2) is 53.1 Å². The quantitative estimate of drug-likeness (QED) is 0.454. The van der Waals surface area contributed by atoms with Gasteiger partial charge in [-0.15, -0.1) is 10.2 Å². The summed E-state index contributed by atoms with van der Waals surface area (Å²) in [5.74, 6) is 1.48. The zero-order valence-corrected chi connectivity index (χ0v) is 18.4. The highest BCUT2D eigenvalue weighted by molar-refractivity contribution is 7.14. The smallest absolute Gasteiger partial charge is 0.183 e. The summed E-state index contributed by atoms with van der Waals surface area (Å²) < 4.78 is 17.4. The van der Waals surface area contributed by atoms with Crippen LogP contribution in [-0.2, 0) is 11.2 Å². The number of aliphatic hydroxyl groups excluding tert-OH is 2. The molecule has 1 aliphatic rings. The Morgan fingerprint density at radius 1 is 1.12 bits per heavy atom. The zero-order chi connectivity index (χ0) is 22.1. The molecule has 1 aliphatic heterocycles. The highest BCUT2D eigenvalue weighted by atomic mass is 32.1. The molecule has 8 heteroatoms. The fourth-order valence-electron chi connectivity index (χ4n) is 4.37. The van der Waals surface area contributed by atoms with Crippen molar-refractivity contribution in [2.24, 2.45) is 0 Å². The van der Waals surface area contributed by atoms with E-state index in [1.54, 1.807) is 13.4 Å². The van der Waals surface area contributed by atoms with Gasteiger partial charge in [0.25, 0.3) is 0 Å². The zero-order valence-electron chi connectivity index (χ0n) is 17.6. The summed E-state index contributed by atoms with van der Waals surface area (Å²) >= 11 is 1.48. The van der Waals surface area contributed by atoms with Gasteiger partial charge < -0.3 is 24.1 Å². The standard InChI is InChI=1S/C24H24N2O5S/c1-29-23-14(10-22-25-26-24(32-22)20-7-4-8-30-20)9-19(17-5-2-3-6-18(17)23)21-12-15(28)11-16(13-27)31-21/h2-9,15-16,21,27-28H,10-13H2,1H3. The molecule has 1 fully saturated rings. The van der Waals surface area contributed by atoms with Gasteiger partial charge in [0.1, 0.15) is 10.8 Å². The van der Waals surface area contributed by atoms with Crippen molar-refractivity contribution in [2.45, 2.75) is 37.6 Å². The van der Waals surface area contributed by atoms with Gasteiger partial charge in [0, 0.05) is 30.2 Å². The van der Waals surface area contributed by atoms with E-state index < -0.39 is 6.10 Å². The summed E-state index contributed by atoms with van der Waals surface area (Å²) in [6, 6.07) is 13.8. The molecule has 0 radical (unpaired) electrons.